The molecule has 0 N–H and O–H groups in total. The van der Waals surface area contributed by atoms with Crippen molar-refractivity contribution in [2.24, 2.45) is 0 Å². The minimum atomic E-state index is -4.43. The topological polar surface area (TPSA) is 57.0 Å². The van der Waals surface area contributed by atoms with Crippen molar-refractivity contribution in [2.45, 2.75) is 37.8 Å². The fourth-order valence-corrected chi connectivity index (χ4v) is 3.57. The number of carbonyl (C=O) groups excluding carboxylic acids is 1. The van der Waals surface area contributed by atoms with Crippen molar-refractivity contribution in [2.75, 3.05) is 11.4 Å². The van der Waals surface area contributed by atoms with E-state index in [9.17, 15) is 23.2 Å². The SMILES string of the molecule is Cc1cc(C2(C#N)CC2)cnc1N1CCc2cc(C(F)(F)F)ccc2C1=O. The number of pyridine rings is 1. The van der Waals surface area contributed by atoms with E-state index in [1.807, 2.05) is 13.0 Å². The number of hydrogen-bond acceptors (Lipinski definition) is 3. The first-order valence-electron chi connectivity index (χ1n) is 8.65. The molecule has 0 unspecified atom stereocenters. The zero-order valence-electron chi connectivity index (χ0n) is 14.6. The predicted molar refractivity (Wildman–Crippen MR) is 92.3 cm³/mol. The standard InChI is InChI=1S/C20H16F3N3O/c1-12-8-15(19(11-24)5-6-19)10-25-17(12)26-7-4-13-9-14(20(21,22)23)2-3-16(13)18(26)27/h2-3,8-10H,4-7H2,1H3. The van der Waals surface area contributed by atoms with Gasteiger partial charge in [0.15, 0.2) is 0 Å². The number of fused-ring (bicyclic) bond motifs is 1. The summed E-state index contributed by atoms with van der Waals surface area (Å²) < 4.78 is 38.7. The van der Waals surface area contributed by atoms with Crippen LogP contribution in [0.15, 0.2) is 30.5 Å². The molecule has 138 valence electrons. The van der Waals surface area contributed by atoms with Crippen LogP contribution in [-0.2, 0) is 18.0 Å². The molecule has 4 rings (SSSR count). The van der Waals surface area contributed by atoms with Crippen LogP contribution in [0.2, 0.25) is 0 Å². The third-order valence-electron chi connectivity index (χ3n) is 5.34. The Morgan fingerprint density at radius 2 is 2.00 bits per heavy atom. The Morgan fingerprint density at radius 3 is 2.59 bits per heavy atom. The lowest BCUT2D eigenvalue weighted by Crippen LogP contribution is -2.38. The predicted octanol–water partition coefficient (Wildman–Crippen LogP) is 4.17. The van der Waals surface area contributed by atoms with Crippen molar-refractivity contribution in [1.82, 2.24) is 4.98 Å². The number of hydrogen-bond donors (Lipinski definition) is 0. The summed E-state index contributed by atoms with van der Waals surface area (Å²) in [6, 6.07) is 7.44. The lowest BCUT2D eigenvalue weighted by atomic mass is 9.95. The summed E-state index contributed by atoms with van der Waals surface area (Å²) in [6.45, 7) is 2.10. The van der Waals surface area contributed by atoms with Crippen LogP contribution in [0.1, 0.15) is 45.5 Å². The number of aromatic nitrogens is 1. The highest BCUT2D eigenvalue weighted by atomic mass is 19.4. The van der Waals surface area contributed by atoms with Crippen LogP contribution in [0.3, 0.4) is 0 Å². The molecular weight excluding hydrogens is 355 g/mol. The Balaban J connectivity index is 1.66. The molecule has 0 saturated heterocycles. The van der Waals surface area contributed by atoms with E-state index in [4.69, 9.17) is 0 Å². The maximum atomic E-state index is 12.9. The summed E-state index contributed by atoms with van der Waals surface area (Å²) in [5, 5.41) is 9.33. The third kappa shape index (κ3) is 2.85. The van der Waals surface area contributed by atoms with Crippen LogP contribution in [-0.4, -0.2) is 17.4 Å². The fraction of sp³-hybridized carbons (Fsp3) is 0.350. The highest BCUT2D eigenvalue weighted by molar-refractivity contribution is 6.08. The summed E-state index contributed by atoms with van der Waals surface area (Å²) in [7, 11) is 0. The van der Waals surface area contributed by atoms with E-state index in [2.05, 4.69) is 11.1 Å². The van der Waals surface area contributed by atoms with E-state index in [1.165, 1.54) is 11.0 Å². The Kier molecular flexibility index (Phi) is 3.77. The second-order valence-corrected chi connectivity index (χ2v) is 7.13. The molecule has 2 aromatic rings. The molecule has 1 aliphatic heterocycles. The molecule has 2 aliphatic rings. The minimum absolute atomic E-state index is 0.268. The van der Waals surface area contributed by atoms with Gasteiger partial charge in [-0.3, -0.25) is 9.69 Å². The lowest BCUT2D eigenvalue weighted by Gasteiger charge is -2.29. The molecule has 1 aromatic heterocycles. The minimum Gasteiger partial charge on any atom is -0.292 e. The molecule has 1 fully saturated rings. The molecule has 0 spiro atoms. The smallest absolute Gasteiger partial charge is 0.292 e. The largest absolute Gasteiger partial charge is 0.416 e. The van der Waals surface area contributed by atoms with E-state index >= 15 is 0 Å². The van der Waals surface area contributed by atoms with E-state index in [0.29, 0.717) is 17.8 Å². The molecular formula is C20H16F3N3O. The first-order chi connectivity index (χ1) is 12.7. The van der Waals surface area contributed by atoms with E-state index in [0.717, 1.165) is 36.1 Å². The van der Waals surface area contributed by atoms with Crippen LogP contribution in [0.25, 0.3) is 0 Å². The van der Waals surface area contributed by atoms with Gasteiger partial charge in [-0.1, -0.05) is 0 Å². The zero-order chi connectivity index (χ0) is 19.4. The summed E-state index contributed by atoms with van der Waals surface area (Å²) in [5.74, 6) is 0.137. The molecule has 4 nitrogen and oxygen atoms in total. The van der Waals surface area contributed by atoms with Gasteiger partial charge in [0, 0.05) is 18.3 Å². The van der Waals surface area contributed by atoms with Crippen molar-refractivity contribution in [1.29, 1.82) is 5.26 Å². The van der Waals surface area contributed by atoms with Gasteiger partial charge in [-0.25, -0.2) is 4.98 Å². The second kappa shape index (κ2) is 5.81. The molecule has 1 amide bonds. The highest BCUT2D eigenvalue weighted by Crippen LogP contribution is 2.48. The number of amides is 1. The molecule has 1 saturated carbocycles. The highest BCUT2D eigenvalue weighted by Gasteiger charge is 2.45. The normalized spacial score (nSPS) is 18.0. The first kappa shape index (κ1) is 17.5. The maximum absolute atomic E-state index is 12.9. The summed E-state index contributed by atoms with van der Waals surface area (Å²) >= 11 is 0. The van der Waals surface area contributed by atoms with Crippen LogP contribution >= 0.6 is 0 Å². The first-order valence-corrected chi connectivity index (χ1v) is 8.65. The fourth-order valence-electron chi connectivity index (χ4n) is 3.57. The molecule has 0 atom stereocenters. The summed E-state index contributed by atoms with van der Waals surface area (Å²) in [4.78, 5) is 18.7. The maximum Gasteiger partial charge on any atom is 0.416 e. The van der Waals surface area contributed by atoms with Crippen molar-refractivity contribution in [3.8, 4) is 6.07 Å². The summed E-state index contributed by atoms with van der Waals surface area (Å²) in [6.07, 6.45) is -0.851. The Morgan fingerprint density at radius 1 is 1.26 bits per heavy atom. The third-order valence-corrected chi connectivity index (χ3v) is 5.34. The number of carbonyl (C=O) groups is 1. The van der Waals surface area contributed by atoms with Crippen molar-refractivity contribution in [3.63, 3.8) is 0 Å². The number of rotatable bonds is 2. The number of halogens is 3. The van der Waals surface area contributed by atoms with Gasteiger partial charge in [0.2, 0.25) is 0 Å². The molecule has 1 aliphatic carbocycles. The number of aryl methyl sites for hydroxylation is 1. The van der Waals surface area contributed by atoms with Crippen molar-refractivity contribution < 1.29 is 18.0 Å². The van der Waals surface area contributed by atoms with E-state index < -0.39 is 17.2 Å². The van der Waals surface area contributed by atoms with Gasteiger partial charge in [0.05, 0.1) is 17.0 Å². The van der Waals surface area contributed by atoms with Crippen molar-refractivity contribution >= 4 is 11.7 Å². The van der Waals surface area contributed by atoms with Gasteiger partial charge in [-0.2, -0.15) is 18.4 Å². The Hall–Kier alpha value is -2.88. The average molecular weight is 371 g/mol. The van der Waals surface area contributed by atoms with Crippen molar-refractivity contribution in [3.05, 3.63) is 58.3 Å². The van der Waals surface area contributed by atoms with Crippen LogP contribution < -0.4 is 4.90 Å². The number of benzene rings is 1. The zero-order valence-corrected chi connectivity index (χ0v) is 14.6. The Bertz CT molecular complexity index is 987. The molecule has 27 heavy (non-hydrogen) atoms. The lowest BCUT2D eigenvalue weighted by molar-refractivity contribution is -0.137. The molecule has 1 aromatic carbocycles. The Labute approximate surface area is 154 Å². The van der Waals surface area contributed by atoms with E-state index in [1.54, 1.807) is 6.20 Å². The molecule has 0 radical (unpaired) electrons. The van der Waals surface area contributed by atoms with E-state index in [-0.39, 0.29) is 18.0 Å². The summed E-state index contributed by atoms with van der Waals surface area (Å²) in [5.41, 5.74) is 1.11. The van der Waals surface area contributed by atoms with Gasteiger partial charge in [-0.05, 0) is 67.1 Å². The quantitative estimate of drug-likeness (QED) is 0.796. The van der Waals surface area contributed by atoms with Crippen LogP contribution in [0.5, 0.6) is 0 Å². The monoisotopic (exact) mass is 371 g/mol. The molecule has 7 heteroatoms. The van der Waals surface area contributed by atoms with Gasteiger partial charge in [0.25, 0.3) is 5.91 Å². The van der Waals surface area contributed by atoms with Gasteiger partial charge in [0.1, 0.15) is 5.82 Å². The van der Waals surface area contributed by atoms with Gasteiger partial charge < -0.3 is 0 Å². The van der Waals surface area contributed by atoms with Crippen LogP contribution in [0, 0.1) is 18.3 Å². The number of nitriles is 1. The molecule has 0 bridgehead atoms. The van der Waals surface area contributed by atoms with Crippen LogP contribution in [0.4, 0.5) is 19.0 Å². The van der Waals surface area contributed by atoms with Gasteiger partial charge >= 0.3 is 6.18 Å². The number of alkyl halides is 3. The van der Waals surface area contributed by atoms with Gasteiger partial charge in [-0.15, -0.1) is 0 Å². The number of nitrogens with zero attached hydrogens (tertiary/aromatic N) is 3. The second-order valence-electron chi connectivity index (χ2n) is 7.13. The molecule has 2 heterocycles. The number of anilines is 1. The average Bonchev–Trinajstić information content (AvgIpc) is 3.43.